The molecule has 0 spiro atoms. The quantitative estimate of drug-likeness (QED) is 0.0356. The molecule has 302 valence electrons. The van der Waals surface area contributed by atoms with Gasteiger partial charge >= 0.3 is 17.9 Å². The number of carbonyl (C=O) groups excluding carboxylic acids is 3. The first-order valence-electron chi connectivity index (χ1n) is 22.4. The van der Waals surface area contributed by atoms with E-state index in [1.807, 2.05) is 0 Å². The fraction of sp³-hybridized carbons (Fsp3) is 0.933. The molecule has 0 radical (unpaired) electrons. The number of esters is 3. The molecule has 0 aromatic rings. The van der Waals surface area contributed by atoms with Crippen LogP contribution in [0.2, 0.25) is 0 Å². The minimum atomic E-state index is -0.756. The Balaban J connectivity index is 4.05. The third-order valence-corrected chi connectivity index (χ3v) is 10.0. The molecule has 0 N–H and O–H groups in total. The van der Waals surface area contributed by atoms with Gasteiger partial charge in [0.2, 0.25) is 0 Å². The lowest BCUT2D eigenvalue weighted by Crippen LogP contribution is -2.30. The van der Waals surface area contributed by atoms with E-state index in [0.29, 0.717) is 19.3 Å². The van der Waals surface area contributed by atoms with Crippen LogP contribution in [-0.2, 0) is 28.6 Å². The molecule has 0 aliphatic carbocycles. The van der Waals surface area contributed by atoms with E-state index in [-0.39, 0.29) is 31.1 Å². The van der Waals surface area contributed by atoms with Gasteiger partial charge in [0.05, 0.1) is 0 Å². The van der Waals surface area contributed by atoms with Crippen LogP contribution in [0, 0.1) is 5.92 Å². The van der Waals surface area contributed by atoms with Crippen molar-refractivity contribution < 1.29 is 28.6 Å². The van der Waals surface area contributed by atoms with Crippen LogP contribution in [0.15, 0.2) is 0 Å². The van der Waals surface area contributed by atoms with Gasteiger partial charge in [0.1, 0.15) is 13.2 Å². The number of rotatable bonds is 40. The molecule has 0 aliphatic heterocycles. The summed E-state index contributed by atoms with van der Waals surface area (Å²) in [6, 6.07) is 0. The average Bonchev–Trinajstić information content (AvgIpc) is 3.11. The van der Waals surface area contributed by atoms with Gasteiger partial charge in [0.25, 0.3) is 0 Å². The van der Waals surface area contributed by atoms with E-state index < -0.39 is 6.10 Å². The van der Waals surface area contributed by atoms with Crippen molar-refractivity contribution in [3.8, 4) is 0 Å². The van der Waals surface area contributed by atoms with Gasteiger partial charge in [-0.3, -0.25) is 14.4 Å². The molecular formula is C45H86O6. The standard InChI is InChI=1S/C45H86O6/c1-5-7-9-11-12-21-25-29-32-36-43(46)49-39-42(51-45(48)38-34-27-10-8-6-2)40-50-44(47)37-33-30-26-23-20-18-16-14-13-15-17-19-22-24-28-31-35-41(3)4/h41-42H,5-40H2,1-4H3/t42-/m1/s1. The molecule has 0 aromatic carbocycles. The van der Waals surface area contributed by atoms with Gasteiger partial charge in [-0.15, -0.1) is 0 Å². The maximum absolute atomic E-state index is 12.5. The number of hydrogen-bond acceptors (Lipinski definition) is 6. The second-order valence-corrected chi connectivity index (χ2v) is 15.8. The van der Waals surface area contributed by atoms with Gasteiger partial charge in [-0.25, -0.2) is 0 Å². The summed E-state index contributed by atoms with van der Waals surface area (Å²) in [6.45, 7) is 8.91. The van der Waals surface area contributed by atoms with Gasteiger partial charge in [0.15, 0.2) is 6.10 Å². The molecule has 1 atom stereocenters. The van der Waals surface area contributed by atoms with Crippen molar-refractivity contribution in [3.05, 3.63) is 0 Å². The van der Waals surface area contributed by atoms with Crippen molar-refractivity contribution in [1.29, 1.82) is 0 Å². The zero-order valence-electron chi connectivity index (χ0n) is 34.6. The molecule has 0 saturated carbocycles. The van der Waals surface area contributed by atoms with Crippen molar-refractivity contribution in [1.82, 2.24) is 0 Å². The summed E-state index contributed by atoms with van der Waals surface area (Å²) in [5.74, 6) is -0.0198. The summed E-state index contributed by atoms with van der Waals surface area (Å²) in [4.78, 5) is 37.3. The Hall–Kier alpha value is -1.59. The first-order chi connectivity index (χ1) is 24.9. The number of hydrogen-bond donors (Lipinski definition) is 0. The Labute approximate surface area is 317 Å². The van der Waals surface area contributed by atoms with Crippen LogP contribution in [0.25, 0.3) is 0 Å². The van der Waals surface area contributed by atoms with E-state index >= 15 is 0 Å². The Morgan fingerprint density at radius 2 is 0.647 bits per heavy atom. The van der Waals surface area contributed by atoms with Crippen LogP contribution in [-0.4, -0.2) is 37.2 Å². The topological polar surface area (TPSA) is 78.9 Å². The predicted octanol–water partition coefficient (Wildman–Crippen LogP) is 13.9. The van der Waals surface area contributed by atoms with Gasteiger partial charge < -0.3 is 14.2 Å². The van der Waals surface area contributed by atoms with Crippen molar-refractivity contribution >= 4 is 17.9 Å². The van der Waals surface area contributed by atoms with Gasteiger partial charge in [-0.05, 0) is 25.2 Å². The van der Waals surface area contributed by atoms with Gasteiger partial charge in [0, 0.05) is 19.3 Å². The van der Waals surface area contributed by atoms with Crippen LogP contribution in [0.1, 0.15) is 246 Å². The van der Waals surface area contributed by atoms with Crippen molar-refractivity contribution in [2.75, 3.05) is 13.2 Å². The smallest absolute Gasteiger partial charge is 0.306 e. The fourth-order valence-corrected chi connectivity index (χ4v) is 6.63. The molecule has 6 heteroatoms. The second-order valence-electron chi connectivity index (χ2n) is 15.8. The summed E-state index contributed by atoms with van der Waals surface area (Å²) < 4.78 is 16.6. The zero-order valence-corrected chi connectivity index (χ0v) is 34.6. The molecule has 0 rings (SSSR count). The van der Waals surface area contributed by atoms with Gasteiger partial charge in [-0.2, -0.15) is 0 Å². The Morgan fingerprint density at radius 1 is 0.373 bits per heavy atom. The van der Waals surface area contributed by atoms with Crippen LogP contribution in [0.3, 0.4) is 0 Å². The SMILES string of the molecule is CCCCCCCCCCCC(=O)OC[C@H](COC(=O)CCCCCCCCCCCCCCCCCCC(C)C)OC(=O)CCCCCCC. The summed E-state index contributed by atoms with van der Waals surface area (Å²) in [7, 11) is 0. The monoisotopic (exact) mass is 723 g/mol. The van der Waals surface area contributed by atoms with Crippen LogP contribution in [0.4, 0.5) is 0 Å². The molecule has 0 unspecified atom stereocenters. The summed E-state index contributed by atoms with van der Waals surface area (Å²) in [6.07, 6.45) is 38.4. The Kier molecular flexibility index (Phi) is 38.4. The maximum atomic E-state index is 12.5. The van der Waals surface area contributed by atoms with E-state index in [1.54, 1.807) is 0 Å². The Morgan fingerprint density at radius 3 is 0.961 bits per heavy atom. The fourth-order valence-electron chi connectivity index (χ4n) is 6.63. The summed E-state index contributed by atoms with van der Waals surface area (Å²) >= 11 is 0. The van der Waals surface area contributed by atoms with E-state index in [9.17, 15) is 14.4 Å². The molecule has 0 aromatic heterocycles. The average molecular weight is 723 g/mol. The highest BCUT2D eigenvalue weighted by Crippen LogP contribution is 2.16. The third kappa shape index (κ3) is 39.5. The van der Waals surface area contributed by atoms with E-state index in [1.165, 1.54) is 135 Å². The number of carbonyl (C=O) groups is 3. The van der Waals surface area contributed by atoms with E-state index in [0.717, 1.165) is 70.1 Å². The lowest BCUT2D eigenvalue weighted by molar-refractivity contribution is -0.167. The molecule has 51 heavy (non-hydrogen) atoms. The summed E-state index contributed by atoms with van der Waals surface area (Å²) in [5.41, 5.74) is 0. The van der Waals surface area contributed by atoms with Crippen molar-refractivity contribution in [2.45, 2.75) is 252 Å². The first kappa shape index (κ1) is 49.4. The Bertz CT molecular complexity index is 766. The molecule has 0 heterocycles. The molecule has 0 saturated heterocycles. The minimum absolute atomic E-state index is 0.0653. The largest absolute Gasteiger partial charge is 0.462 e. The number of ether oxygens (including phenoxy) is 3. The highest BCUT2D eigenvalue weighted by atomic mass is 16.6. The van der Waals surface area contributed by atoms with Crippen LogP contribution in [0.5, 0.6) is 0 Å². The van der Waals surface area contributed by atoms with E-state index in [2.05, 4.69) is 27.7 Å². The lowest BCUT2D eigenvalue weighted by atomic mass is 10.0. The summed E-state index contributed by atoms with van der Waals surface area (Å²) in [5, 5.41) is 0. The highest BCUT2D eigenvalue weighted by molar-refractivity contribution is 5.71. The molecule has 0 fully saturated rings. The molecule has 6 nitrogen and oxygen atoms in total. The van der Waals surface area contributed by atoms with Crippen molar-refractivity contribution in [2.24, 2.45) is 5.92 Å². The first-order valence-corrected chi connectivity index (χ1v) is 22.4. The second kappa shape index (κ2) is 39.6. The lowest BCUT2D eigenvalue weighted by Gasteiger charge is -2.18. The predicted molar refractivity (Wildman–Crippen MR) is 215 cm³/mol. The molecule has 0 amide bonds. The minimum Gasteiger partial charge on any atom is -0.462 e. The highest BCUT2D eigenvalue weighted by Gasteiger charge is 2.19. The molecule has 0 aliphatic rings. The maximum Gasteiger partial charge on any atom is 0.306 e. The van der Waals surface area contributed by atoms with Crippen LogP contribution < -0.4 is 0 Å². The number of unbranched alkanes of at least 4 members (excludes halogenated alkanes) is 27. The zero-order chi connectivity index (χ0) is 37.5. The van der Waals surface area contributed by atoms with Crippen LogP contribution >= 0.6 is 0 Å². The van der Waals surface area contributed by atoms with Gasteiger partial charge in [-0.1, -0.05) is 207 Å². The molecular weight excluding hydrogens is 636 g/mol. The van der Waals surface area contributed by atoms with Crippen molar-refractivity contribution in [3.63, 3.8) is 0 Å². The third-order valence-electron chi connectivity index (χ3n) is 10.0. The molecule has 0 bridgehead atoms. The normalized spacial score (nSPS) is 11.9. The van der Waals surface area contributed by atoms with E-state index in [4.69, 9.17) is 14.2 Å².